The van der Waals surface area contributed by atoms with Crippen molar-refractivity contribution in [1.29, 1.82) is 0 Å². The summed E-state index contributed by atoms with van der Waals surface area (Å²) in [7, 11) is 0. The van der Waals surface area contributed by atoms with Gasteiger partial charge in [-0.25, -0.2) is 4.98 Å². The van der Waals surface area contributed by atoms with E-state index in [-0.39, 0.29) is 5.91 Å². The standard InChI is InChI=1S/C23H27N3O2S/c1-2-3-16-28-19-10-8-18(9-11-19)23(27)26-14-12-25(13-15-26)17-22-24-20-6-4-5-7-21(20)29-22/h4-11H,2-3,12-17H2,1H3. The van der Waals surface area contributed by atoms with E-state index in [0.717, 1.165) is 74.0 Å². The Morgan fingerprint density at radius 2 is 1.83 bits per heavy atom. The predicted molar refractivity (Wildman–Crippen MR) is 118 cm³/mol. The first-order valence-electron chi connectivity index (χ1n) is 10.3. The minimum absolute atomic E-state index is 0.102. The number of ether oxygens (including phenoxy) is 1. The zero-order chi connectivity index (χ0) is 20.1. The number of rotatable bonds is 7. The molecule has 1 amide bonds. The summed E-state index contributed by atoms with van der Waals surface area (Å²) in [5.41, 5.74) is 1.80. The van der Waals surface area contributed by atoms with Crippen molar-refractivity contribution in [2.45, 2.75) is 26.3 Å². The molecule has 0 radical (unpaired) electrons. The first kappa shape index (κ1) is 19.9. The molecule has 0 atom stereocenters. The molecular formula is C23H27N3O2S. The number of piperazine rings is 1. The highest BCUT2D eigenvalue weighted by atomic mass is 32.1. The van der Waals surface area contributed by atoms with Gasteiger partial charge in [-0.15, -0.1) is 11.3 Å². The average Bonchev–Trinajstić information content (AvgIpc) is 3.17. The number of para-hydroxylation sites is 1. The Hall–Kier alpha value is -2.44. The normalized spacial score (nSPS) is 15.0. The molecule has 1 saturated heterocycles. The molecule has 2 heterocycles. The van der Waals surface area contributed by atoms with E-state index in [1.54, 1.807) is 11.3 Å². The first-order valence-corrected chi connectivity index (χ1v) is 11.1. The van der Waals surface area contributed by atoms with Crippen LogP contribution >= 0.6 is 11.3 Å². The quantitative estimate of drug-likeness (QED) is 0.542. The third-order valence-corrected chi connectivity index (χ3v) is 6.25. The maximum Gasteiger partial charge on any atom is 0.253 e. The number of nitrogens with zero attached hydrogens (tertiary/aromatic N) is 3. The zero-order valence-corrected chi connectivity index (χ0v) is 17.7. The highest BCUT2D eigenvalue weighted by molar-refractivity contribution is 7.18. The van der Waals surface area contributed by atoms with E-state index in [1.165, 1.54) is 4.70 Å². The molecule has 1 aliphatic rings. The highest BCUT2D eigenvalue weighted by Crippen LogP contribution is 2.23. The maximum atomic E-state index is 12.8. The molecule has 0 unspecified atom stereocenters. The van der Waals surface area contributed by atoms with Crippen LogP contribution in [0.3, 0.4) is 0 Å². The van der Waals surface area contributed by atoms with E-state index in [1.807, 2.05) is 35.2 Å². The smallest absolute Gasteiger partial charge is 0.253 e. The summed E-state index contributed by atoms with van der Waals surface area (Å²) < 4.78 is 6.92. The molecule has 5 nitrogen and oxygen atoms in total. The second kappa shape index (κ2) is 9.37. The molecular weight excluding hydrogens is 382 g/mol. The summed E-state index contributed by atoms with van der Waals surface area (Å²) in [6, 6.07) is 15.8. The predicted octanol–water partition coefficient (Wildman–Crippen LogP) is 4.43. The summed E-state index contributed by atoms with van der Waals surface area (Å²) in [4.78, 5) is 21.9. The molecule has 152 valence electrons. The Balaban J connectivity index is 1.29. The van der Waals surface area contributed by atoms with E-state index in [4.69, 9.17) is 9.72 Å². The van der Waals surface area contributed by atoms with Crippen molar-refractivity contribution in [2.75, 3.05) is 32.8 Å². The van der Waals surface area contributed by atoms with Gasteiger partial charge in [0.1, 0.15) is 10.8 Å². The Morgan fingerprint density at radius 3 is 2.55 bits per heavy atom. The van der Waals surface area contributed by atoms with Crippen LogP contribution < -0.4 is 4.74 Å². The van der Waals surface area contributed by atoms with Crippen LogP contribution in [0, 0.1) is 0 Å². The number of thiazole rings is 1. The van der Waals surface area contributed by atoms with Crippen LogP contribution in [0.25, 0.3) is 10.2 Å². The summed E-state index contributed by atoms with van der Waals surface area (Å²) in [5.74, 6) is 0.931. The molecule has 3 aromatic rings. The van der Waals surface area contributed by atoms with Crippen molar-refractivity contribution < 1.29 is 9.53 Å². The minimum atomic E-state index is 0.102. The lowest BCUT2D eigenvalue weighted by molar-refractivity contribution is 0.0628. The monoisotopic (exact) mass is 409 g/mol. The lowest BCUT2D eigenvalue weighted by Gasteiger charge is -2.34. The summed E-state index contributed by atoms with van der Waals surface area (Å²) in [6.45, 7) is 6.96. The number of carbonyl (C=O) groups excluding carboxylic acids is 1. The van der Waals surface area contributed by atoms with Crippen LogP contribution in [0.4, 0.5) is 0 Å². The van der Waals surface area contributed by atoms with Gasteiger partial charge in [0.2, 0.25) is 0 Å². The van der Waals surface area contributed by atoms with E-state index < -0.39 is 0 Å². The molecule has 0 saturated carbocycles. The third kappa shape index (κ3) is 4.95. The van der Waals surface area contributed by atoms with Crippen molar-refractivity contribution >= 4 is 27.5 Å². The first-order chi connectivity index (χ1) is 14.2. The largest absolute Gasteiger partial charge is 0.494 e. The number of carbonyl (C=O) groups is 1. The second-order valence-electron chi connectivity index (χ2n) is 7.37. The Bertz CT molecular complexity index is 913. The molecule has 1 fully saturated rings. The number of fused-ring (bicyclic) bond motifs is 1. The van der Waals surface area contributed by atoms with Gasteiger partial charge < -0.3 is 9.64 Å². The van der Waals surface area contributed by atoms with Gasteiger partial charge in [0.05, 0.1) is 23.4 Å². The van der Waals surface area contributed by atoms with Crippen molar-refractivity contribution in [3.05, 3.63) is 59.1 Å². The molecule has 1 aromatic heterocycles. The highest BCUT2D eigenvalue weighted by Gasteiger charge is 2.23. The van der Waals surface area contributed by atoms with Gasteiger partial charge in [-0.1, -0.05) is 25.5 Å². The van der Waals surface area contributed by atoms with Crippen LogP contribution in [0.5, 0.6) is 5.75 Å². The topological polar surface area (TPSA) is 45.7 Å². The van der Waals surface area contributed by atoms with Crippen LogP contribution in [0.1, 0.15) is 35.1 Å². The van der Waals surface area contributed by atoms with Crippen LogP contribution in [0.2, 0.25) is 0 Å². The van der Waals surface area contributed by atoms with Crippen LogP contribution in [-0.4, -0.2) is 53.5 Å². The average molecular weight is 410 g/mol. The van der Waals surface area contributed by atoms with Crippen molar-refractivity contribution in [3.8, 4) is 5.75 Å². The van der Waals surface area contributed by atoms with Crippen LogP contribution in [0.15, 0.2) is 48.5 Å². The van der Waals surface area contributed by atoms with Gasteiger partial charge in [-0.2, -0.15) is 0 Å². The van der Waals surface area contributed by atoms with Gasteiger partial charge in [0.25, 0.3) is 5.91 Å². The molecule has 0 bridgehead atoms. The Morgan fingerprint density at radius 1 is 1.07 bits per heavy atom. The van der Waals surface area contributed by atoms with Crippen molar-refractivity contribution in [2.24, 2.45) is 0 Å². The number of hydrogen-bond acceptors (Lipinski definition) is 5. The molecule has 1 aliphatic heterocycles. The summed E-state index contributed by atoms with van der Waals surface area (Å²) in [6.07, 6.45) is 2.16. The molecule has 4 rings (SSSR count). The summed E-state index contributed by atoms with van der Waals surface area (Å²) >= 11 is 1.76. The molecule has 2 aromatic carbocycles. The number of aromatic nitrogens is 1. The zero-order valence-electron chi connectivity index (χ0n) is 16.8. The van der Waals surface area contributed by atoms with E-state index in [0.29, 0.717) is 0 Å². The molecule has 0 N–H and O–H groups in total. The fourth-order valence-corrected chi connectivity index (χ4v) is 4.51. The lowest BCUT2D eigenvalue weighted by Crippen LogP contribution is -2.48. The summed E-state index contributed by atoms with van der Waals surface area (Å²) in [5, 5.41) is 1.14. The number of hydrogen-bond donors (Lipinski definition) is 0. The van der Waals surface area contributed by atoms with E-state index >= 15 is 0 Å². The van der Waals surface area contributed by atoms with Crippen LogP contribution in [-0.2, 0) is 6.54 Å². The van der Waals surface area contributed by atoms with Gasteiger partial charge in [-0.3, -0.25) is 9.69 Å². The number of amides is 1. The lowest BCUT2D eigenvalue weighted by atomic mass is 10.1. The van der Waals surface area contributed by atoms with Crippen molar-refractivity contribution in [1.82, 2.24) is 14.8 Å². The minimum Gasteiger partial charge on any atom is -0.494 e. The van der Waals surface area contributed by atoms with Crippen molar-refractivity contribution in [3.63, 3.8) is 0 Å². The van der Waals surface area contributed by atoms with E-state index in [2.05, 4.69) is 30.0 Å². The fraction of sp³-hybridized carbons (Fsp3) is 0.391. The Labute approximate surface area is 175 Å². The van der Waals surface area contributed by atoms with Gasteiger partial charge in [0, 0.05) is 31.7 Å². The SMILES string of the molecule is CCCCOc1ccc(C(=O)N2CCN(Cc3nc4ccccc4s3)CC2)cc1. The second-order valence-corrected chi connectivity index (χ2v) is 8.49. The van der Waals surface area contributed by atoms with Gasteiger partial charge in [0.15, 0.2) is 0 Å². The molecule has 0 aliphatic carbocycles. The molecule has 29 heavy (non-hydrogen) atoms. The van der Waals surface area contributed by atoms with Gasteiger partial charge in [-0.05, 0) is 42.8 Å². The molecule has 6 heteroatoms. The van der Waals surface area contributed by atoms with Gasteiger partial charge >= 0.3 is 0 Å². The number of benzene rings is 2. The fourth-order valence-electron chi connectivity index (χ4n) is 3.50. The third-order valence-electron chi connectivity index (χ3n) is 5.22. The number of unbranched alkanes of at least 4 members (excludes halogenated alkanes) is 1. The maximum absolute atomic E-state index is 12.8. The molecule has 0 spiro atoms. The Kier molecular flexibility index (Phi) is 6.42. The van der Waals surface area contributed by atoms with E-state index in [9.17, 15) is 4.79 Å².